The van der Waals surface area contributed by atoms with Crippen molar-refractivity contribution >= 4 is 22.4 Å². The summed E-state index contributed by atoms with van der Waals surface area (Å²) in [6.07, 6.45) is 3.41. The molecule has 1 aromatic carbocycles. The van der Waals surface area contributed by atoms with Gasteiger partial charge in [-0.3, -0.25) is 10.1 Å². The molecule has 0 radical (unpaired) electrons. The summed E-state index contributed by atoms with van der Waals surface area (Å²) in [4.78, 5) is 12.0. The number of carbonyl (C=O) groups excluding carboxylic acids is 1. The Morgan fingerprint density at radius 3 is 2.84 bits per heavy atom. The maximum absolute atomic E-state index is 12.0. The molecule has 1 N–H and O–H groups in total. The van der Waals surface area contributed by atoms with Crippen molar-refractivity contribution in [1.82, 2.24) is 10.2 Å². The Hall–Kier alpha value is -2.41. The molecule has 2 rings (SSSR count). The summed E-state index contributed by atoms with van der Waals surface area (Å²) in [6, 6.07) is 5.58. The van der Waals surface area contributed by atoms with Gasteiger partial charge in [-0.2, -0.15) is 0 Å². The van der Waals surface area contributed by atoms with Crippen molar-refractivity contribution in [2.75, 3.05) is 19.0 Å². The molecule has 0 spiro atoms. The van der Waals surface area contributed by atoms with Gasteiger partial charge in [-0.1, -0.05) is 37.3 Å². The summed E-state index contributed by atoms with van der Waals surface area (Å²) in [5.41, 5.74) is 1.06. The number of aromatic nitrogens is 2. The average Bonchev–Trinajstić information content (AvgIpc) is 2.99. The van der Waals surface area contributed by atoms with Crippen LogP contribution in [0.1, 0.15) is 24.4 Å². The molecule has 0 aliphatic heterocycles. The third-order valence-electron chi connectivity index (χ3n) is 3.26. The van der Waals surface area contributed by atoms with Crippen LogP contribution in [0.2, 0.25) is 0 Å². The first-order chi connectivity index (χ1) is 12.0. The van der Waals surface area contributed by atoms with Gasteiger partial charge in [0.05, 0.1) is 7.11 Å². The Kier molecular flexibility index (Phi) is 6.94. The van der Waals surface area contributed by atoms with E-state index >= 15 is 0 Å². The Morgan fingerprint density at radius 1 is 1.36 bits per heavy atom. The number of carbonyl (C=O) groups is 1. The van der Waals surface area contributed by atoms with Crippen molar-refractivity contribution in [3.63, 3.8) is 0 Å². The number of anilines is 1. The summed E-state index contributed by atoms with van der Waals surface area (Å²) >= 11 is 1.38. The minimum Gasteiger partial charge on any atom is -0.493 e. The Balaban J connectivity index is 1.91. The van der Waals surface area contributed by atoms with Crippen LogP contribution < -0.4 is 14.8 Å². The number of nitrogens with one attached hydrogen (secondary N) is 1. The highest BCUT2D eigenvalue weighted by Gasteiger charge is 2.12. The van der Waals surface area contributed by atoms with Crippen LogP contribution in [-0.2, 0) is 17.6 Å². The maximum Gasteiger partial charge on any atom is 0.264 e. The fourth-order valence-electron chi connectivity index (χ4n) is 2.16. The van der Waals surface area contributed by atoms with Crippen molar-refractivity contribution in [2.24, 2.45) is 5.92 Å². The molecule has 6 nitrogen and oxygen atoms in total. The van der Waals surface area contributed by atoms with Crippen LogP contribution in [0, 0.1) is 5.92 Å². The molecule has 0 unspecified atom stereocenters. The minimum absolute atomic E-state index is 0.129. The van der Waals surface area contributed by atoms with Crippen LogP contribution in [0.3, 0.4) is 0 Å². The van der Waals surface area contributed by atoms with E-state index < -0.39 is 0 Å². The van der Waals surface area contributed by atoms with Crippen LogP contribution in [-0.4, -0.2) is 29.8 Å². The van der Waals surface area contributed by atoms with Crippen LogP contribution in [0.15, 0.2) is 30.9 Å². The van der Waals surface area contributed by atoms with Gasteiger partial charge in [-0.15, -0.1) is 16.8 Å². The zero-order valence-electron chi connectivity index (χ0n) is 14.7. The van der Waals surface area contributed by atoms with Crippen LogP contribution in [0.5, 0.6) is 11.5 Å². The summed E-state index contributed by atoms with van der Waals surface area (Å²) in [7, 11) is 1.57. The molecule has 2 aromatic rings. The highest BCUT2D eigenvalue weighted by molar-refractivity contribution is 7.15. The van der Waals surface area contributed by atoms with Crippen LogP contribution >= 0.6 is 11.3 Å². The summed E-state index contributed by atoms with van der Waals surface area (Å²) < 4.78 is 10.9. The van der Waals surface area contributed by atoms with Gasteiger partial charge in [-0.25, -0.2) is 0 Å². The molecule has 1 heterocycles. The second-order valence-electron chi connectivity index (χ2n) is 5.91. The van der Waals surface area contributed by atoms with Gasteiger partial charge >= 0.3 is 0 Å². The number of ether oxygens (including phenoxy) is 2. The SMILES string of the molecule is C=CCc1ccc(OCC(=O)Nc2nnc(CC(C)C)s2)c(OC)c1. The molecule has 0 saturated heterocycles. The molecule has 25 heavy (non-hydrogen) atoms. The summed E-state index contributed by atoms with van der Waals surface area (Å²) in [5.74, 6) is 1.31. The molecule has 1 aromatic heterocycles. The second-order valence-corrected chi connectivity index (χ2v) is 6.98. The monoisotopic (exact) mass is 361 g/mol. The minimum atomic E-state index is -0.288. The molecule has 0 aliphatic carbocycles. The van der Waals surface area contributed by atoms with E-state index in [1.807, 2.05) is 18.2 Å². The van der Waals surface area contributed by atoms with Gasteiger partial charge in [0.1, 0.15) is 5.01 Å². The van der Waals surface area contributed by atoms with Gasteiger partial charge < -0.3 is 9.47 Å². The van der Waals surface area contributed by atoms with Gasteiger partial charge in [0.2, 0.25) is 5.13 Å². The molecular formula is C18H23N3O3S. The number of allylic oxidation sites excluding steroid dienone is 1. The molecule has 1 amide bonds. The average molecular weight is 361 g/mol. The van der Waals surface area contributed by atoms with Crippen LogP contribution in [0.4, 0.5) is 5.13 Å². The molecule has 0 bridgehead atoms. The number of benzene rings is 1. The number of amides is 1. The van der Waals surface area contributed by atoms with Crippen molar-refractivity contribution in [3.05, 3.63) is 41.4 Å². The zero-order chi connectivity index (χ0) is 18.2. The normalized spacial score (nSPS) is 10.6. The lowest BCUT2D eigenvalue weighted by Gasteiger charge is -2.11. The van der Waals surface area contributed by atoms with Crippen molar-refractivity contribution < 1.29 is 14.3 Å². The topological polar surface area (TPSA) is 73.3 Å². The van der Waals surface area contributed by atoms with Gasteiger partial charge in [0, 0.05) is 6.42 Å². The zero-order valence-corrected chi connectivity index (χ0v) is 15.6. The van der Waals surface area contributed by atoms with Crippen LogP contribution in [0.25, 0.3) is 0 Å². The number of nitrogens with zero attached hydrogens (tertiary/aromatic N) is 2. The van der Waals surface area contributed by atoms with Gasteiger partial charge in [0.25, 0.3) is 5.91 Å². The first-order valence-electron chi connectivity index (χ1n) is 8.04. The van der Waals surface area contributed by atoms with E-state index in [0.29, 0.717) is 22.5 Å². The van der Waals surface area contributed by atoms with Gasteiger partial charge in [0.15, 0.2) is 18.1 Å². The molecule has 0 atom stereocenters. The quantitative estimate of drug-likeness (QED) is 0.692. The largest absolute Gasteiger partial charge is 0.493 e. The van der Waals surface area contributed by atoms with Crippen molar-refractivity contribution in [1.29, 1.82) is 0 Å². The lowest BCUT2D eigenvalue weighted by molar-refractivity contribution is -0.118. The fraction of sp³-hybridized carbons (Fsp3) is 0.389. The van der Waals surface area contributed by atoms with E-state index in [-0.39, 0.29) is 12.5 Å². The molecule has 7 heteroatoms. The number of hydrogen-bond acceptors (Lipinski definition) is 6. The molecule has 0 aliphatic rings. The van der Waals surface area contributed by atoms with Gasteiger partial charge in [-0.05, 0) is 30.0 Å². The third-order valence-corrected chi connectivity index (χ3v) is 4.12. The van der Waals surface area contributed by atoms with E-state index in [1.165, 1.54) is 11.3 Å². The Morgan fingerprint density at radius 2 is 2.16 bits per heavy atom. The number of hydrogen-bond donors (Lipinski definition) is 1. The summed E-state index contributed by atoms with van der Waals surface area (Å²) in [6.45, 7) is 7.81. The highest BCUT2D eigenvalue weighted by Crippen LogP contribution is 2.28. The first-order valence-corrected chi connectivity index (χ1v) is 8.86. The number of rotatable bonds is 9. The fourth-order valence-corrected chi connectivity index (χ4v) is 3.13. The molecule has 134 valence electrons. The predicted octanol–water partition coefficient (Wildman–Crippen LogP) is 3.49. The smallest absolute Gasteiger partial charge is 0.264 e. The maximum atomic E-state index is 12.0. The van der Waals surface area contributed by atoms with Crippen molar-refractivity contribution in [3.8, 4) is 11.5 Å². The first kappa shape index (κ1) is 18.9. The lowest BCUT2D eigenvalue weighted by atomic mass is 10.1. The Bertz CT molecular complexity index is 728. The van der Waals surface area contributed by atoms with Crippen molar-refractivity contribution in [2.45, 2.75) is 26.7 Å². The van der Waals surface area contributed by atoms with E-state index in [0.717, 1.165) is 23.4 Å². The van der Waals surface area contributed by atoms with E-state index in [9.17, 15) is 4.79 Å². The highest BCUT2D eigenvalue weighted by atomic mass is 32.1. The van der Waals surface area contributed by atoms with E-state index in [4.69, 9.17) is 9.47 Å². The van der Waals surface area contributed by atoms with E-state index in [2.05, 4.69) is 35.9 Å². The molecular weight excluding hydrogens is 338 g/mol. The standard InChI is InChI=1S/C18H23N3O3S/c1-5-6-13-7-8-14(15(10-13)23-4)24-11-16(22)19-18-21-20-17(25-18)9-12(2)3/h5,7-8,10,12H,1,6,9,11H2,2-4H3,(H,19,21,22). The summed E-state index contributed by atoms with van der Waals surface area (Å²) in [5, 5.41) is 12.1. The number of methoxy groups -OCH3 is 1. The molecule has 0 saturated carbocycles. The predicted molar refractivity (Wildman–Crippen MR) is 99.5 cm³/mol. The Labute approximate surface area is 151 Å². The van der Waals surface area contributed by atoms with E-state index in [1.54, 1.807) is 13.2 Å². The second kappa shape index (κ2) is 9.17. The third kappa shape index (κ3) is 5.86. The molecule has 0 fully saturated rings. The lowest BCUT2D eigenvalue weighted by Crippen LogP contribution is -2.20.